The zero-order valence-electron chi connectivity index (χ0n) is 10.1. The van der Waals surface area contributed by atoms with Crippen molar-refractivity contribution in [3.05, 3.63) is 11.6 Å². The number of hydrogen-bond acceptors (Lipinski definition) is 3. The smallest absolute Gasteiger partial charge is 0.330 e. The van der Waals surface area contributed by atoms with Crippen LogP contribution in [-0.2, 0) is 14.1 Å². The van der Waals surface area contributed by atoms with E-state index in [1.165, 1.54) is 6.08 Å². The number of carbonyl (C=O) groups is 1. The molecule has 0 aliphatic rings. The third-order valence-corrected chi connectivity index (χ3v) is 5.72. The molecule has 0 fully saturated rings. The summed E-state index contributed by atoms with van der Waals surface area (Å²) in [6.45, 7) is 7.84. The SMILES string of the molecule is CCOC(=O)/C=C(\C)CP(=O)(CC)CC. The molecule has 0 aliphatic heterocycles. The monoisotopic (exact) mass is 232 g/mol. The normalized spacial score (nSPS) is 12.7. The van der Waals surface area contributed by atoms with Gasteiger partial charge in [-0.15, -0.1) is 0 Å². The molecule has 88 valence electrons. The van der Waals surface area contributed by atoms with Gasteiger partial charge in [0.1, 0.15) is 0 Å². The lowest BCUT2D eigenvalue weighted by Gasteiger charge is -2.13. The van der Waals surface area contributed by atoms with Crippen LogP contribution in [0, 0.1) is 0 Å². The Morgan fingerprint density at radius 3 is 2.20 bits per heavy atom. The molecule has 0 saturated carbocycles. The molecule has 0 aliphatic carbocycles. The van der Waals surface area contributed by atoms with Crippen LogP contribution in [0.2, 0.25) is 0 Å². The molecule has 0 unspecified atom stereocenters. The average molecular weight is 232 g/mol. The lowest BCUT2D eigenvalue weighted by atomic mass is 10.3. The van der Waals surface area contributed by atoms with Crippen LogP contribution in [0.4, 0.5) is 0 Å². The molecule has 0 N–H and O–H groups in total. The molecule has 0 bridgehead atoms. The summed E-state index contributed by atoms with van der Waals surface area (Å²) in [5.41, 5.74) is 0.848. The molecule has 0 aromatic heterocycles. The van der Waals surface area contributed by atoms with E-state index in [-0.39, 0.29) is 5.97 Å². The second kappa shape index (κ2) is 6.84. The second-order valence-electron chi connectivity index (χ2n) is 3.59. The van der Waals surface area contributed by atoms with E-state index >= 15 is 0 Å². The summed E-state index contributed by atoms with van der Waals surface area (Å²) in [5, 5.41) is 0. The highest BCUT2D eigenvalue weighted by Gasteiger charge is 2.17. The van der Waals surface area contributed by atoms with E-state index in [2.05, 4.69) is 0 Å². The van der Waals surface area contributed by atoms with Crippen LogP contribution in [0.25, 0.3) is 0 Å². The van der Waals surface area contributed by atoms with Crippen molar-refractivity contribution in [3.8, 4) is 0 Å². The Labute approximate surface area is 92.3 Å². The van der Waals surface area contributed by atoms with Gasteiger partial charge in [0.15, 0.2) is 0 Å². The third-order valence-electron chi connectivity index (χ3n) is 2.34. The Kier molecular flexibility index (Phi) is 6.58. The lowest BCUT2D eigenvalue weighted by Crippen LogP contribution is -2.03. The maximum atomic E-state index is 12.1. The molecule has 0 saturated heterocycles. The van der Waals surface area contributed by atoms with Crippen LogP contribution in [0.3, 0.4) is 0 Å². The summed E-state index contributed by atoms with van der Waals surface area (Å²) < 4.78 is 16.9. The fraction of sp³-hybridized carbons (Fsp3) is 0.727. The Morgan fingerprint density at radius 2 is 1.80 bits per heavy atom. The molecule has 0 spiro atoms. The minimum atomic E-state index is -2.09. The number of ether oxygens (including phenoxy) is 1. The summed E-state index contributed by atoms with van der Waals surface area (Å²) >= 11 is 0. The molecule has 0 rings (SSSR count). The minimum absolute atomic E-state index is 0.339. The molecular formula is C11H21O3P. The van der Waals surface area contributed by atoms with E-state index in [9.17, 15) is 9.36 Å². The van der Waals surface area contributed by atoms with Gasteiger partial charge in [0, 0.05) is 12.2 Å². The number of hydrogen-bond donors (Lipinski definition) is 0. The highest BCUT2D eigenvalue weighted by Crippen LogP contribution is 2.45. The molecule has 0 heterocycles. The van der Waals surface area contributed by atoms with Gasteiger partial charge in [-0.1, -0.05) is 19.4 Å². The van der Waals surface area contributed by atoms with E-state index in [1.807, 2.05) is 20.8 Å². The fourth-order valence-electron chi connectivity index (χ4n) is 1.33. The number of esters is 1. The van der Waals surface area contributed by atoms with Gasteiger partial charge in [-0.2, -0.15) is 0 Å². The minimum Gasteiger partial charge on any atom is -0.463 e. The standard InChI is InChI=1S/C11H21O3P/c1-5-14-11(12)8-10(4)9-15(13,6-2)7-3/h8H,5-7,9H2,1-4H3/b10-8+. The van der Waals surface area contributed by atoms with E-state index in [0.29, 0.717) is 25.1 Å². The molecule has 15 heavy (non-hydrogen) atoms. The van der Waals surface area contributed by atoms with Crippen LogP contribution in [0.1, 0.15) is 27.7 Å². The number of carbonyl (C=O) groups excluding carboxylic acids is 1. The predicted molar refractivity (Wildman–Crippen MR) is 63.9 cm³/mol. The molecule has 4 heteroatoms. The Balaban J connectivity index is 4.40. The van der Waals surface area contributed by atoms with Gasteiger partial charge in [-0.05, 0) is 26.2 Å². The topological polar surface area (TPSA) is 43.4 Å². The lowest BCUT2D eigenvalue weighted by molar-refractivity contribution is -0.137. The summed E-state index contributed by atoms with van der Waals surface area (Å²) in [4.78, 5) is 11.1. The zero-order valence-corrected chi connectivity index (χ0v) is 11.0. The molecule has 0 atom stereocenters. The van der Waals surface area contributed by atoms with Crippen molar-refractivity contribution in [2.45, 2.75) is 27.7 Å². The van der Waals surface area contributed by atoms with Crippen molar-refractivity contribution in [1.29, 1.82) is 0 Å². The van der Waals surface area contributed by atoms with E-state index < -0.39 is 7.14 Å². The Morgan fingerprint density at radius 1 is 1.27 bits per heavy atom. The molecule has 0 radical (unpaired) electrons. The van der Waals surface area contributed by atoms with Crippen molar-refractivity contribution in [3.63, 3.8) is 0 Å². The first-order valence-corrected chi connectivity index (χ1v) is 7.64. The van der Waals surface area contributed by atoms with Crippen LogP contribution < -0.4 is 0 Å². The van der Waals surface area contributed by atoms with Crippen LogP contribution in [-0.4, -0.2) is 31.1 Å². The van der Waals surface area contributed by atoms with Crippen molar-refractivity contribution >= 4 is 13.1 Å². The summed E-state index contributed by atoms with van der Waals surface area (Å²) in [7, 11) is -2.09. The second-order valence-corrected chi connectivity index (χ2v) is 7.29. The van der Waals surface area contributed by atoms with Gasteiger partial charge in [0.2, 0.25) is 0 Å². The quantitative estimate of drug-likeness (QED) is 0.402. The van der Waals surface area contributed by atoms with Gasteiger partial charge < -0.3 is 9.30 Å². The fourth-order valence-corrected chi connectivity index (χ4v) is 3.23. The largest absolute Gasteiger partial charge is 0.463 e. The zero-order chi connectivity index (χ0) is 11.9. The maximum Gasteiger partial charge on any atom is 0.330 e. The van der Waals surface area contributed by atoms with Crippen LogP contribution in [0.5, 0.6) is 0 Å². The van der Waals surface area contributed by atoms with Crippen molar-refractivity contribution in [1.82, 2.24) is 0 Å². The van der Waals surface area contributed by atoms with E-state index in [0.717, 1.165) is 5.57 Å². The molecule has 0 aromatic carbocycles. The summed E-state index contributed by atoms with van der Waals surface area (Å²) in [5.74, 6) is -0.339. The molecule has 0 amide bonds. The van der Waals surface area contributed by atoms with Gasteiger partial charge in [-0.25, -0.2) is 4.79 Å². The number of allylic oxidation sites excluding steroid dienone is 1. The average Bonchev–Trinajstić information content (AvgIpc) is 2.17. The Bertz CT molecular complexity index is 274. The van der Waals surface area contributed by atoms with Crippen LogP contribution in [0.15, 0.2) is 11.6 Å². The van der Waals surface area contributed by atoms with E-state index in [1.54, 1.807) is 6.92 Å². The first-order valence-electron chi connectivity index (χ1n) is 5.38. The molecular weight excluding hydrogens is 211 g/mol. The van der Waals surface area contributed by atoms with Crippen molar-refractivity contribution in [2.24, 2.45) is 0 Å². The van der Waals surface area contributed by atoms with Gasteiger partial charge in [0.05, 0.1) is 13.7 Å². The van der Waals surface area contributed by atoms with E-state index in [4.69, 9.17) is 4.74 Å². The molecule has 0 aromatic rings. The van der Waals surface area contributed by atoms with Gasteiger partial charge in [0.25, 0.3) is 0 Å². The predicted octanol–water partition coefficient (Wildman–Crippen LogP) is 2.90. The van der Waals surface area contributed by atoms with Crippen molar-refractivity contribution < 1.29 is 14.1 Å². The third kappa shape index (κ3) is 5.78. The first kappa shape index (κ1) is 14.4. The highest BCUT2D eigenvalue weighted by atomic mass is 31.2. The van der Waals surface area contributed by atoms with Crippen molar-refractivity contribution in [2.75, 3.05) is 25.1 Å². The highest BCUT2D eigenvalue weighted by molar-refractivity contribution is 7.64. The van der Waals surface area contributed by atoms with Crippen LogP contribution >= 0.6 is 7.14 Å². The number of rotatable bonds is 6. The summed E-state index contributed by atoms with van der Waals surface area (Å²) in [6, 6.07) is 0. The summed E-state index contributed by atoms with van der Waals surface area (Å²) in [6.07, 6.45) is 3.36. The Hall–Kier alpha value is -0.560. The van der Waals surface area contributed by atoms with Gasteiger partial charge in [-0.3, -0.25) is 0 Å². The van der Waals surface area contributed by atoms with Gasteiger partial charge >= 0.3 is 5.97 Å². The maximum absolute atomic E-state index is 12.1. The molecule has 3 nitrogen and oxygen atoms in total. The first-order chi connectivity index (χ1) is 6.97.